The highest BCUT2D eigenvalue weighted by Gasteiger charge is 2.07. The predicted molar refractivity (Wildman–Crippen MR) is 86.2 cm³/mol. The Balaban J connectivity index is 1.82. The molecule has 21 heavy (non-hydrogen) atoms. The first kappa shape index (κ1) is 15.7. The van der Waals surface area contributed by atoms with Gasteiger partial charge in [0.1, 0.15) is 5.82 Å². The highest BCUT2D eigenvalue weighted by atomic mass is 35.5. The van der Waals surface area contributed by atoms with Crippen molar-refractivity contribution >= 4 is 40.6 Å². The molecule has 0 heterocycles. The number of hydrogen-bond acceptors (Lipinski definition) is 3. The largest absolute Gasteiger partial charge is 0.399 e. The number of halogens is 2. The number of hydrogen-bond donors (Lipinski definition) is 2. The Labute approximate surface area is 131 Å². The number of benzene rings is 2. The van der Waals surface area contributed by atoms with Crippen LogP contribution in [0.5, 0.6) is 0 Å². The molecule has 0 unspecified atom stereocenters. The van der Waals surface area contributed by atoms with Crippen molar-refractivity contribution in [2.24, 2.45) is 0 Å². The van der Waals surface area contributed by atoms with Crippen LogP contribution in [0.4, 0.5) is 15.8 Å². The van der Waals surface area contributed by atoms with Crippen LogP contribution in [0.2, 0.25) is 5.02 Å². The van der Waals surface area contributed by atoms with Gasteiger partial charge >= 0.3 is 0 Å². The summed E-state index contributed by atoms with van der Waals surface area (Å²) in [6.07, 6.45) is 0.279. The molecule has 0 aliphatic heterocycles. The molecule has 0 radical (unpaired) electrons. The molecule has 0 aliphatic carbocycles. The highest BCUT2D eigenvalue weighted by molar-refractivity contribution is 7.99. The van der Waals surface area contributed by atoms with Crippen LogP contribution in [-0.2, 0) is 4.79 Å². The monoisotopic (exact) mass is 324 g/mol. The summed E-state index contributed by atoms with van der Waals surface area (Å²) in [7, 11) is 0. The summed E-state index contributed by atoms with van der Waals surface area (Å²) in [6.45, 7) is 0. The van der Waals surface area contributed by atoms with Crippen molar-refractivity contribution in [2.75, 3.05) is 16.8 Å². The van der Waals surface area contributed by atoms with Crippen molar-refractivity contribution in [3.8, 4) is 0 Å². The lowest BCUT2D eigenvalue weighted by Gasteiger charge is -2.07. The van der Waals surface area contributed by atoms with E-state index in [0.29, 0.717) is 16.5 Å². The maximum absolute atomic E-state index is 13.5. The van der Waals surface area contributed by atoms with Crippen molar-refractivity contribution < 1.29 is 9.18 Å². The third kappa shape index (κ3) is 4.95. The minimum absolute atomic E-state index is 0.108. The van der Waals surface area contributed by atoms with Crippen LogP contribution in [0.3, 0.4) is 0 Å². The molecule has 3 nitrogen and oxygen atoms in total. The molecule has 0 atom stereocenters. The number of thioether (sulfide) groups is 1. The Morgan fingerprint density at radius 3 is 2.67 bits per heavy atom. The van der Waals surface area contributed by atoms with Gasteiger partial charge in [-0.1, -0.05) is 11.6 Å². The Morgan fingerprint density at radius 2 is 1.95 bits per heavy atom. The molecule has 0 fully saturated rings. The topological polar surface area (TPSA) is 55.1 Å². The van der Waals surface area contributed by atoms with Gasteiger partial charge in [-0.25, -0.2) is 4.39 Å². The van der Waals surface area contributed by atoms with Gasteiger partial charge in [0.2, 0.25) is 5.91 Å². The summed E-state index contributed by atoms with van der Waals surface area (Å²) in [4.78, 5) is 12.8. The normalized spacial score (nSPS) is 10.4. The van der Waals surface area contributed by atoms with Crippen LogP contribution in [0.1, 0.15) is 6.42 Å². The zero-order valence-corrected chi connectivity index (χ0v) is 12.7. The molecule has 0 bridgehead atoms. The molecule has 1 amide bonds. The van der Waals surface area contributed by atoms with Gasteiger partial charge in [-0.2, -0.15) is 0 Å². The SMILES string of the molecule is Nc1ccc(F)c(NC(=O)CCSc2ccc(Cl)cc2)c1. The Kier molecular flexibility index (Phi) is 5.47. The minimum Gasteiger partial charge on any atom is -0.399 e. The second-order valence-electron chi connectivity index (χ2n) is 4.34. The smallest absolute Gasteiger partial charge is 0.225 e. The number of nitrogens with two attached hydrogens (primary N) is 1. The fourth-order valence-corrected chi connectivity index (χ4v) is 2.62. The standard InChI is InChI=1S/C15H14ClFN2OS/c16-10-1-4-12(5-2-10)21-8-7-15(20)19-14-9-11(18)3-6-13(14)17/h1-6,9H,7-8,18H2,(H,19,20). The zero-order valence-electron chi connectivity index (χ0n) is 11.1. The Bertz CT molecular complexity index is 634. The lowest BCUT2D eigenvalue weighted by molar-refractivity contribution is -0.115. The van der Waals surface area contributed by atoms with E-state index in [1.165, 1.54) is 30.0 Å². The van der Waals surface area contributed by atoms with Gasteiger partial charge in [-0.15, -0.1) is 11.8 Å². The van der Waals surface area contributed by atoms with Crippen molar-refractivity contribution in [3.05, 3.63) is 53.3 Å². The number of nitrogen functional groups attached to an aromatic ring is 1. The molecule has 0 saturated heterocycles. The van der Waals surface area contributed by atoms with E-state index in [4.69, 9.17) is 17.3 Å². The maximum atomic E-state index is 13.5. The number of carbonyl (C=O) groups excluding carboxylic acids is 1. The molecule has 3 N–H and O–H groups in total. The molecule has 2 aromatic carbocycles. The molecule has 6 heteroatoms. The summed E-state index contributed by atoms with van der Waals surface area (Å²) in [5.41, 5.74) is 6.07. The molecule has 110 valence electrons. The van der Waals surface area contributed by atoms with Gasteiger partial charge in [0.05, 0.1) is 5.69 Å². The summed E-state index contributed by atoms with van der Waals surface area (Å²) in [6, 6.07) is 11.5. The highest BCUT2D eigenvalue weighted by Crippen LogP contribution is 2.22. The van der Waals surface area contributed by atoms with E-state index in [-0.39, 0.29) is 18.0 Å². The second-order valence-corrected chi connectivity index (χ2v) is 5.94. The van der Waals surface area contributed by atoms with Crippen LogP contribution < -0.4 is 11.1 Å². The summed E-state index contributed by atoms with van der Waals surface area (Å²) in [5.74, 6) is -0.152. The molecule has 0 aromatic heterocycles. The Morgan fingerprint density at radius 1 is 1.24 bits per heavy atom. The summed E-state index contributed by atoms with van der Waals surface area (Å²) >= 11 is 7.33. The molecule has 2 aromatic rings. The second kappa shape index (κ2) is 7.33. The van der Waals surface area contributed by atoms with Gasteiger partial charge in [0, 0.05) is 27.8 Å². The van der Waals surface area contributed by atoms with E-state index < -0.39 is 5.82 Å². The molecule has 0 saturated carbocycles. The number of amides is 1. The molecular formula is C15H14ClFN2OS. The van der Waals surface area contributed by atoms with E-state index in [2.05, 4.69) is 5.32 Å². The van der Waals surface area contributed by atoms with E-state index in [1.807, 2.05) is 12.1 Å². The quantitative estimate of drug-likeness (QED) is 0.640. The summed E-state index contributed by atoms with van der Waals surface area (Å²) < 4.78 is 13.5. The van der Waals surface area contributed by atoms with E-state index >= 15 is 0 Å². The van der Waals surface area contributed by atoms with Crippen LogP contribution in [0.15, 0.2) is 47.4 Å². The van der Waals surface area contributed by atoms with Gasteiger partial charge in [-0.3, -0.25) is 4.79 Å². The lowest BCUT2D eigenvalue weighted by Crippen LogP contribution is -2.13. The van der Waals surface area contributed by atoms with Crippen molar-refractivity contribution in [1.82, 2.24) is 0 Å². The van der Waals surface area contributed by atoms with E-state index in [1.54, 1.807) is 12.1 Å². The van der Waals surface area contributed by atoms with Gasteiger partial charge in [0.25, 0.3) is 0 Å². The average molecular weight is 325 g/mol. The van der Waals surface area contributed by atoms with Gasteiger partial charge < -0.3 is 11.1 Å². The fourth-order valence-electron chi connectivity index (χ4n) is 1.64. The van der Waals surface area contributed by atoms with E-state index in [0.717, 1.165) is 4.90 Å². The van der Waals surface area contributed by atoms with Crippen LogP contribution in [0, 0.1) is 5.82 Å². The minimum atomic E-state index is -0.497. The van der Waals surface area contributed by atoms with Crippen LogP contribution in [-0.4, -0.2) is 11.7 Å². The molecular weight excluding hydrogens is 311 g/mol. The van der Waals surface area contributed by atoms with Gasteiger partial charge in [0.15, 0.2) is 0 Å². The van der Waals surface area contributed by atoms with Gasteiger partial charge in [-0.05, 0) is 42.5 Å². The Hall–Kier alpha value is -1.72. The first-order chi connectivity index (χ1) is 10.0. The maximum Gasteiger partial charge on any atom is 0.225 e. The third-order valence-corrected chi connectivity index (χ3v) is 3.94. The number of rotatable bonds is 5. The first-order valence-corrected chi connectivity index (χ1v) is 7.64. The fraction of sp³-hybridized carbons (Fsp3) is 0.133. The van der Waals surface area contributed by atoms with Crippen molar-refractivity contribution in [3.63, 3.8) is 0 Å². The first-order valence-electron chi connectivity index (χ1n) is 6.28. The van der Waals surface area contributed by atoms with Crippen LogP contribution in [0.25, 0.3) is 0 Å². The lowest BCUT2D eigenvalue weighted by atomic mass is 10.2. The number of carbonyl (C=O) groups is 1. The average Bonchev–Trinajstić information content (AvgIpc) is 2.45. The molecule has 0 aliphatic rings. The zero-order chi connectivity index (χ0) is 15.2. The summed E-state index contributed by atoms with van der Waals surface area (Å²) in [5, 5.41) is 3.19. The van der Waals surface area contributed by atoms with Crippen molar-refractivity contribution in [2.45, 2.75) is 11.3 Å². The molecule has 0 spiro atoms. The molecule has 2 rings (SSSR count). The van der Waals surface area contributed by atoms with Crippen molar-refractivity contribution in [1.29, 1.82) is 0 Å². The number of nitrogens with one attached hydrogen (secondary N) is 1. The predicted octanol–water partition coefficient (Wildman–Crippen LogP) is 4.18. The van der Waals surface area contributed by atoms with Crippen LogP contribution >= 0.6 is 23.4 Å². The number of anilines is 2. The van der Waals surface area contributed by atoms with E-state index in [9.17, 15) is 9.18 Å². The third-order valence-electron chi connectivity index (χ3n) is 2.68.